The van der Waals surface area contributed by atoms with Gasteiger partial charge in [0, 0.05) is 89.8 Å². The summed E-state index contributed by atoms with van der Waals surface area (Å²) in [6, 6.07) is 20.6. The van der Waals surface area contributed by atoms with Crippen LogP contribution in [0.4, 0.5) is 4.39 Å². The number of hydrogen-bond acceptors (Lipinski definition) is 5. The van der Waals surface area contributed by atoms with Crippen molar-refractivity contribution in [2.75, 3.05) is 0 Å². The Morgan fingerprint density at radius 1 is 0.921 bits per heavy atom. The van der Waals surface area contributed by atoms with Gasteiger partial charge in [0.1, 0.15) is 11.3 Å². The zero-order valence-electron chi connectivity index (χ0n) is 19.8. The summed E-state index contributed by atoms with van der Waals surface area (Å²) in [5.41, 5.74) is 5.59. The standard InChI is InChI=1S/C29H19FIN5OS/c30-26-13-20(11-23-22(8-10-33-27(23)26)19-7-4-9-32-15-19)25-17-36(38-31)28-24(25)12-21(16-34-28)29(37)35-14-18-5-2-1-3-6-18/h1-13,15-17H,14H2,(H,35,37). The molecule has 6 rings (SSSR count). The molecule has 1 amide bonds. The van der Waals surface area contributed by atoms with Gasteiger partial charge in [0.25, 0.3) is 5.91 Å². The topological polar surface area (TPSA) is 72.7 Å². The zero-order valence-corrected chi connectivity index (χ0v) is 22.8. The lowest BCUT2D eigenvalue weighted by atomic mass is 9.97. The average molecular weight is 631 g/mol. The van der Waals surface area contributed by atoms with E-state index < -0.39 is 5.82 Å². The summed E-state index contributed by atoms with van der Waals surface area (Å²) in [5, 5.41) is 4.39. The molecule has 0 spiro atoms. The van der Waals surface area contributed by atoms with Crippen LogP contribution in [0.15, 0.2) is 97.7 Å². The van der Waals surface area contributed by atoms with Crippen molar-refractivity contribution in [3.8, 4) is 22.3 Å². The van der Waals surface area contributed by atoms with E-state index >= 15 is 4.39 Å². The quantitative estimate of drug-likeness (QED) is 0.197. The maximum Gasteiger partial charge on any atom is 0.253 e. The second-order valence-electron chi connectivity index (χ2n) is 8.66. The summed E-state index contributed by atoms with van der Waals surface area (Å²) >= 11 is 2.18. The van der Waals surface area contributed by atoms with Crippen LogP contribution in [-0.2, 0) is 6.54 Å². The third-order valence-electron chi connectivity index (χ3n) is 6.33. The molecule has 38 heavy (non-hydrogen) atoms. The van der Waals surface area contributed by atoms with Gasteiger partial charge < -0.3 is 5.32 Å². The Morgan fingerprint density at radius 3 is 2.58 bits per heavy atom. The Balaban J connectivity index is 1.45. The van der Waals surface area contributed by atoms with Crippen molar-refractivity contribution in [3.05, 3.63) is 115 Å². The van der Waals surface area contributed by atoms with E-state index in [-0.39, 0.29) is 5.91 Å². The van der Waals surface area contributed by atoms with Crippen LogP contribution >= 0.6 is 30.3 Å². The van der Waals surface area contributed by atoms with Crippen molar-refractivity contribution in [1.82, 2.24) is 24.2 Å². The lowest BCUT2D eigenvalue weighted by Crippen LogP contribution is -2.22. The van der Waals surface area contributed by atoms with Crippen molar-refractivity contribution in [1.29, 1.82) is 0 Å². The molecule has 6 aromatic rings. The first-order valence-corrected chi connectivity index (χ1v) is 15.1. The molecule has 0 unspecified atom stereocenters. The molecule has 0 saturated heterocycles. The van der Waals surface area contributed by atoms with Crippen molar-refractivity contribution >= 4 is 58.2 Å². The highest BCUT2D eigenvalue weighted by Gasteiger charge is 2.18. The SMILES string of the molecule is O=C(NCc1ccccc1)c1cnc2c(c1)c(-c1cc(F)c3nccc(-c4cccnc4)c3c1)cn2SI. The van der Waals surface area contributed by atoms with Crippen LogP contribution in [0.2, 0.25) is 0 Å². The number of carbonyl (C=O) groups excluding carboxylic acids is 1. The first-order valence-electron chi connectivity index (χ1n) is 11.7. The van der Waals surface area contributed by atoms with E-state index in [1.807, 2.05) is 70.8 Å². The third-order valence-corrected chi connectivity index (χ3v) is 8.03. The van der Waals surface area contributed by atoms with Gasteiger partial charge in [0.2, 0.25) is 0 Å². The molecule has 186 valence electrons. The molecular formula is C29H19FIN5OS. The van der Waals surface area contributed by atoms with Crippen molar-refractivity contribution < 1.29 is 9.18 Å². The minimum absolute atomic E-state index is 0.225. The van der Waals surface area contributed by atoms with Crippen LogP contribution in [0.1, 0.15) is 15.9 Å². The average Bonchev–Trinajstić information content (AvgIpc) is 3.35. The molecule has 0 aliphatic heterocycles. The van der Waals surface area contributed by atoms with Crippen LogP contribution in [0, 0.1) is 5.82 Å². The molecule has 0 aliphatic rings. The normalized spacial score (nSPS) is 11.2. The molecule has 0 aliphatic carbocycles. The fourth-order valence-electron chi connectivity index (χ4n) is 4.51. The molecule has 0 fully saturated rings. The van der Waals surface area contributed by atoms with E-state index in [0.717, 1.165) is 27.6 Å². The molecule has 0 saturated carbocycles. The summed E-state index contributed by atoms with van der Waals surface area (Å²) < 4.78 is 17.3. The Bertz CT molecular complexity index is 1790. The third kappa shape index (κ3) is 4.63. The lowest BCUT2D eigenvalue weighted by Gasteiger charge is -2.10. The minimum Gasteiger partial charge on any atom is -0.348 e. The molecule has 4 heterocycles. The number of benzene rings is 2. The number of amides is 1. The molecule has 0 radical (unpaired) electrons. The van der Waals surface area contributed by atoms with Crippen LogP contribution in [0.3, 0.4) is 0 Å². The van der Waals surface area contributed by atoms with Crippen LogP contribution < -0.4 is 5.32 Å². The number of halogens is 2. The number of pyridine rings is 3. The predicted octanol–water partition coefficient (Wildman–Crippen LogP) is 7.23. The number of hydrogen-bond donors (Lipinski definition) is 1. The highest BCUT2D eigenvalue weighted by molar-refractivity contribution is 14.2. The Hall–Kier alpha value is -3.83. The highest BCUT2D eigenvalue weighted by Crippen LogP contribution is 2.38. The number of carbonyl (C=O) groups is 1. The van der Waals surface area contributed by atoms with E-state index in [1.165, 1.54) is 15.2 Å². The van der Waals surface area contributed by atoms with Crippen molar-refractivity contribution in [2.45, 2.75) is 6.54 Å². The number of rotatable bonds is 6. The molecular weight excluding hydrogens is 612 g/mol. The Labute approximate surface area is 234 Å². The first-order chi connectivity index (χ1) is 18.6. The molecule has 6 nitrogen and oxygen atoms in total. The predicted molar refractivity (Wildman–Crippen MR) is 158 cm³/mol. The van der Waals surface area contributed by atoms with E-state index in [1.54, 1.807) is 24.8 Å². The maximum atomic E-state index is 15.4. The van der Waals surface area contributed by atoms with Gasteiger partial charge in [-0.05, 0) is 47.0 Å². The number of fused-ring (bicyclic) bond motifs is 2. The Kier molecular flexibility index (Phi) is 6.77. The van der Waals surface area contributed by atoms with Gasteiger partial charge in [-0.3, -0.25) is 18.7 Å². The molecule has 0 atom stereocenters. The smallest absolute Gasteiger partial charge is 0.253 e. The second-order valence-corrected chi connectivity index (χ2v) is 10.4. The summed E-state index contributed by atoms with van der Waals surface area (Å²) in [6.45, 7) is 0.412. The maximum absolute atomic E-state index is 15.4. The molecule has 1 N–H and O–H groups in total. The molecule has 0 bridgehead atoms. The molecule has 4 aromatic heterocycles. The Morgan fingerprint density at radius 2 is 1.79 bits per heavy atom. The van der Waals surface area contributed by atoms with Crippen LogP contribution in [0.25, 0.3) is 44.2 Å². The van der Waals surface area contributed by atoms with E-state index in [2.05, 4.69) is 41.5 Å². The van der Waals surface area contributed by atoms with Gasteiger partial charge >= 0.3 is 0 Å². The van der Waals surface area contributed by atoms with Gasteiger partial charge in [-0.25, -0.2) is 9.37 Å². The number of nitrogens with zero attached hydrogens (tertiary/aromatic N) is 4. The highest BCUT2D eigenvalue weighted by atomic mass is 127. The van der Waals surface area contributed by atoms with Gasteiger partial charge in [-0.2, -0.15) is 0 Å². The van der Waals surface area contributed by atoms with Crippen molar-refractivity contribution in [3.63, 3.8) is 0 Å². The van der Waals surface area contributed by atoms with Gasteiger partial charge in [-0.1, -0.05) is 36.4 Å². The van der Waals surface area contributed by atoms with Crippen molar-refractivity contribution in [2.24, 2.45) is 0 Å². The summed E-state index contributed by atoms with van der Waals surface area (Å²) in [4.78, 5) is 26.1. The second kappa shape index (κ2) is 10.5. The molecule has 9 heteroatoms. The monoisotopic (exact) mass is 631 g/mol. The van der Waals surface area contributed by atoms with Gasteiger partial charge in [0.15, 0.2) is 5.65 Å². The summed E-state index contributed by atoms with van der Waals surface area (Å²) in [7, 11) is 1.45. The van der Waals surface area contributed by atoms with E-state index in [4.69, 9.17) is 0 Å². The molecule has 2 aromatic carbocycles. The largest absolute Gasteiger partial charge is 0.348 e. The first kappa shape index (κ1) is 24.5. The lowest BCUT2D eigenvalue weighted by molar-refractivity contribution is 0.0950. The fraction of sp³-hybridized carbons (Fsp3) is 0.0345. The van der Waals surface area contributed by atoms with E-state index in [9.17, 15) is 4.79 Å². The van der Waals surface area contributed by atoms with Gasteiger partial charge in [-0.15, -0.1) is 0 Å². The minimum atomic E-state index is -0.420. The zero-order chi connectivity index (χ0) is 26.1. The van der Waals surface area contributed by atoms with Crippen LogP contribution in [-0.4, -0.2) is 24.8 Å². The number of aromatic nitrogens is 4. The fourth-order valence-corrected chi connectivity index (χ4v) is 5.76. The van der Waals surface area contributed by atoms with Crippen LogP contribution in [0.5, 0.6) is 0 Å². The summed E-state index contributed by atoms with van der Waals surface area (Å²) in [6.07, 6.45) is 8.55. The van der Waals surface area contributed by atoms with E-state index in [0.29, 0.717) is 34.2 Å². The summed E-state index contributed by atoms with van der Waals surface area (Å²) in [5.74, 6) is -0.646. The number of nitrogens with one attached hydrogen (secondary N) is 1. The van der Waals surface area contributed by atoms with Gasteiger partial charge in [0.05, 0.1) is 5.56 Å².